The lowest BCUT2D eigenvalue weighted by molar-refractivity contribution is -0.135. The monoisotopic (exact) mass is 429 g/mol. The maximum absolute atomic E-state index is 13.1. The number of nitrogens with zero attached hydrogens (tertiary/aromatic N) is 3. The fourth-order valence-corrected chi connectivity index (χ4v) is 2.99. The van der Waals surface area contributed by atoms with Crippen LogP contribution in [-0.2, 0) is 9.53 Å². The molecule has 3 rings (SSSR count). The molecule has 0 amide bonds. The van der Waals surface area contributed by atoms with Gasteiger partial charge in [0.25, 0.3) is 5.56 Å². The fraction of sp³-hybridized carbons (Fsp3) is 0.100. The first-order valence-corrected chi connectivity index (χ1v) is 8.96. The van der Waals surface area contributed by atoms with Crippen LogP contribution in [0.3, 0.4) is 0 Å². The van der Waals surface area contributed by atoms with E-state index in [1.165, 1.54) is 22.7 Å². The lowest BCUT2D eigenvalue weighted by atomic mass is 10.2. The molecule has 0 saturated heterocycles. The molecule has 3 aromatic rings. The molecule has 7 nitrogen and oxygen atoms in total. The third kappa shape index (κ3) is 4.09. The van der Waals surface area contributed by atoms with Crippen LogP contribution >= 0.6 is 23.2 Å². The van der Waals surface area contributed by atoms with E-state index in [4.69, 9.17) is 27.9 Å². The number of rotatable bonds is 4. The second-order valence-electron chi connectivity index (χ2n) is 5.86. The Bertz CT molecular complexity index is 1260. The Labute approximate surface area is 175 Å². The summed E-state index contributed by atoms with van der Waals surface area (Å²) >= 11 is 12.1. The zero-order chi connectivity index (χ0) is 21.1. The summed E-state index contributed by atoms with van der Waals surface area (Å²) in [5, 5.41) is 9.87. The quantitative estimate of drug-likeness (QED) is 0.350. The van der Waals surface area contributed by atoms with Gasteiger partial charge in [0.2, 0.25) is 5.88 Å². The minimum atomic E-state index is -0.892. The van der Waals surface area contributed by atoms with Gasteiger partial charge in [0.15, 0.2) is 0 Å². The molecule has 0 unspecified atom stereocenters. The van der Waals surface area contributed by atoms with Crippen LogP contribution in [0.25, 0.3) is 11.7 Å². The smallest absolute Gasteiger partial charge is 0.348 e. The van der Waals surface area contributed by atoms with E-state index >= 15 is 0 Å². The number of aromatic nitrogens is 2. The molecule has 0 saturated carbocycles. The first-order valence-electron chi connectivity index (χ1n) is 8.20. The number of pyridine rings is 1. The number of hydrogen-bond acceptors (Lipinski definition) is 6. The number of methoxy groups -OCH3 is 1. The van der Waals surface area contributed by atoms with Crippen molar-refractivity contribution in [1.82, 2.24) is 9.38 Å². The van der Waals surface area contributed by atoms with Crippen LogP contribution in [0.2, 0.25) is 10.0 Å². The number of hydrogen-bond donors (Lipinski definition) is 0. The SMILES string of the molecule is COC(=O)/C(C#N)=C/c1c(Oc2ccc(Cl)cc2Cl)nc2c(C)cccn2c1=O. The predicted octanol–water partition coefficient (Wildman–Crippen LogP) is 4.18. The van der Waals surface area contributed by atoms with E-state index in [9.17, 15) is 14.9 Å². The van der Waals surface area contributed by atoms with Gasteiger partial charge in [-0.05, 0) is 42.8 Å². The highest BCUT2D eigenvalue weighted by Gasteiger charge is 2.19. The van der Waals surface area contributed by atoms with Gasteiger partial charge < -0.3 is 9.47 Å². The molecule has 0 bridgehead atoms. The van der Waals surface area contributed by atoms with E-state index in [0.717, 1.165) is 18.7 Å². The number of nitriles is 1. The van der Waals surface area contributed by atoms with Crippen molar-refractivity contribution in [3.63, 3.8) is 0 Å². The Morgan fingerprint density at radius 2 is 2.07 bits per heavy atom. The first kappa shape index (κ1) is 20.4. The van der Waals surface area contributed by atoms with E-state index in [-0.39, 0.29) is 27.8 Å². The topological polar surface area (TPSA) is 93.7 Å². The molecule has 29 heavy (non-hydrogen) atoms. The minimum Gasteiger partial charge on any atom is -0.465 e. The number of halogens is 2. The first-order chi connectivity index (χ1) is 13.8. The van der Waals surface area contributed by atoms with Gasteiger partial charge in [0.05, 0.1) is 12.1 Å². The van der Waals surface area contributed by atoms with Crippen LogP contribution in [0.1, 0.15) is 11.1 Å². The Kier molecular flexibility index (Phi) is 5.87. The van der Waals surface area contributed by atoms with Crippen molar-refractivity contribution < 1.29 is 14.3 Å². The van der Waals surface area contributed by atoms with E-state index in [2.05, 4.69) is 9.72 Å². The molecule has 2 heterocycles. The Hall–Kier alpha value is -3.34. The largest absolute Gasteiger partial charge is 0.465 e. The van der Waals surface area contributed by atoms with Gasteiger partial charge >= 0.3 is 5.97 Å². The maximum atomic E-state index is 13.1. The van der Waals surface area contributed by atoms with E-state index in [1.54, 1.807) is 31.2 Å². The molecule has 146 valence electrons. The summed E-state index contributed by atoms with van der Waals surface area (Å²) < 4.78 is 11.6. The molecule has 1 aromatic carbocycles. The number of fused-ring (bicyclic) bond motifs is 1. The molecule has 0 N–H and O–H groups in total. The second-order valence-corrected chi connectivity index (χ2v) is 6.70. The molecule has 0 atom stereocenters. The zero-order valence-electron chi connectivity index (χ0n) is 15.3. The third-order valence-electron chi connectivity index (χ3n) is 3.96. The highest BCUT2D eigenvalue weighted by Crippen LogP contribution is 2.32. The van der Waals surface area contributed by atoms with Crippen molar-refractivity contribution >= 4 is 40.9 Å². The van der Waals surface area contributed by atoms with Gasteiger partial charge in [0.1, 0.15) is 28.6 Å². The number of carbonyl (C=O) groups is 1. The molecule has 0 aliphatic rings. The third-order valence-corrected chi connectivity index (χ3v) is 4.49. The van der Waals surface area contributed by atoms with Crippen LogP contribution < -0.4 is 10.3 Å². The molecule has 0 spiro atoms. The predicted molar refractivity (Wildman–Crippen MR) is 108 cm³/mol. The highest BCUT2D eigenvalue weighted by atomic mass is 35.5. The van der Waals surface area contributed by atoms with E-state index < -0.39 is 11.5 Å². The number of esters is 1. The van der Waals surface area contributed by atoms with Crippen molar-refractivity contribution in [1.29, 1.82) is 5.26 Å². The van der Waals surface area contributed by atoms with Crippen LogP contribution in [-0.4, -0.2) is 22.5 Å². The standard InChI is InChI=1S/C20H13Cl2N3O4/c1-11-4-3-7-25-17(11)24-18(29-16-6-5-13(21)9-15(16)22)14(19(25)26)8-12(10-23)20(27)28-2/h3-9H,1-2H3/b12-8+. The van der Waals surface area contributed by atoms with Gasteiger partial charge in [-0.1, -0.05) is 29.3 Å². The summed E-state index contributed by atoms with van der Waals surface area (Å²) in [6.45, 7) is 1.78. The summed E-state index contributed by atoms with van der Waals surface area (Å²) in [5.74, 6) is -0.811. The molecule has 2 aromatic heterocycles. The Balaban J connectivity index is 2.30. The van der Waals surface area contributed by atoms with Crippen molar-refractivity contribution in [3.8, 4) is 17.7 Å². The molecular weight excluding hydrogens is 417 g/mol. The van der Waals surface area contributed by atoms with Crippen molar-refractivity contribution in [3.05, 3.63) is 73.6 Å². The molecule has 0 fully saturated rings. The molecule has 0 aliphatic heterocycles. The fourth-order valence-electron chi connectivity index (χ4n) is 2.55. The average Bonchev–Trinajstić information content (AvgIpc) is 2.70. The second kappa shape index (κ2) is 8.35. The Morgan fingerprint density at radius 1 is 1.31 bits per heavy atom. The van der Waals surface area contributed by atoms with Crippen LogP contribution in [0.4, 0.5) is 0 Å². The summed E-state index contributed by atoms with van der Waals surface area (Å²) in [4.78, 5) is 29.3. The summed E-state index contributed by atoms with van der Waals surface area (Å²) in [6.07, 6.45) is 2.60. The lowest BCUT2D eigenvalue weighted by Crippen LogP contribution is -2.20. The summed E-state index contributed by atoms with van der Waals surface area (Å²) in [6, 6.07) is 9.73. The number of aryl methyl sites for hydroxylation is 1. The lowest BCUT2D eigenvalue weighted by Gasteiger charge is -2.12. The van der Waals surface area contributed by atoms with Crippen molar-refractivity contribution in [2.24, 2.45) is 0 Å². The normalized spacial score (nSPS) is 11.2. The molecule has 0 radical (unpaired) electrons. The zero-order valence-corrected chi connectivity index (χ0v) is 16.8. The van der Waals surface area contributed by atoms with Crippen LogP contribution in [0, 0.1) is 18.3 Å². The molecule has 9 heteroatoms. The van der Waals surface area contributed by atoms with Crippen LogP contribution in [0.15, 0.2) is 46.9 Å². The van der Waals surface area contributed by atoms with Gasteiger partial charge in [-0.2, -0.15) is 10.2 Å². The molecule has 0 aliphatic carbocycles. The highest BCUT2D eigenvalue weighted by molar-refractivity contribution is 6.35. The Morgan fingerprint density at radius 3 is 2.72 bits per heavy atom. The van der Waals surface area contributed by atoms with Crippen molar-refractivity contribution in [2.45, 2.75) is 6.92 Å². The molecular formula is C20H13Cl2N3O4. The average molecular weight is 430 g/mol. The summed E-state index contributed by atoms with van der Waals surface area (Å²) in [5.41, 5.74) is 0.0505. The van der Waals surface area contributed by atoms with Crippen molar-refractivity contribution in [2.75, 3.05) is 7.11 Å². The maximum Gasteiger partial charge on any atom is 0.348 e. The number of ether oxygens (including phenoxy) is 2. The number of carbonyl (C=O) groups excluding carboxylic acids is 1. The van der Waals surface area contributed by atoms with E-state index in [1.807, 2.05) is 0 Å². The van der Waals surface area contributed by atoms with Gasteiger partial charge in [-0.15, -0.1) is 0 Å². The summed E-state index contributed by atoms with van der Waals surface area (Å²) in [7, 11) is 1.13. The van der Waals surface area contributed by atoms with Gasteiger partial charge in [-0.3, -0.25) is 9.20 Å². The number of benzene rings is 1. The van der Waals surface area contributed by atoms with E-state index in [0.29, 0.717) is 10.7 Å². The minimum absolute atomic E-state index is 0.110. The van der Waals surface area contributed by atoms with Crippen LogP contribution in [0.5, 0.6) is 11.6 Å². The van der Waals surface area contributed by atoms with Gasteiger partial charge in [-0.25, -0.2) is 4.79 Å². The van der Waals surface area contributed by atoms with Gasteiger partial charge in [0, 0.05) is 11.2 Å².